The zero-order valence-corrected chi connectivity index (χ0v) is 23.8. The molecule has 8 heteroatoms. The molecule has 0 aliphatic rings. The Hall–Kier alpha value is 0.510. The average Bonchev–Trinajstić information content (AvgIpc) is 2.46. The van der Waals surface area contributed by atoms with Crippen molar-refractivity contribution in [1.82, 2.24) is 0 Å². The predicted octanol–water partition coefficient (Wildman–Crippen LogP) is -3.89. The van der Waals surface area contributed by atoms with Crippen molar-refractivity contribution in [2.45, 2.75) is 71.1 Å². The second-order valence-corrected chi connectivity index (χ2v) is 10.7. The van der Waals surface area contributed by atoms with Crippen LogP contribution in [0.2, 0.25) is 0 Å². The number of hydrogen-bond donors (Lipinski definition) is 3. The Morgan fingerprint density at radius 3 is 0.966 bits per heavy atom. The van der Waals surface area contributed by atoms with Gasteiger partial charge >= 0.3 is 0 Å². The zero-order chi connectivity index (χ0) is 23.0. The van der Waals surface area contributed by atoms with Gasteiger partial charge < -0.3 is 46.0 Å². The van der Waals surface area contributed by atoms with Crippen LogP contribution in [-0.4, -0.2) is 69.6 Å². The molecule has 0 atom stereocenters. The Balaban J connectivity index is -0.000000121. The summed E-state index contributed by atoms with van der Waals surface area (Å²) in [6, 6.07) is 0. The second-order valence-electron chi connectivity index (χ2n) is 9.02. The minimum Gasteiger partial charge on any atom is -1.00 e. The summed E-state index contributed by atoms with van der Waals surface area (Å²) < 4.78 is 10.3. The van der Waals surface area contributed by atoms with Gasteiger partial charge in [-0.15, -0.1) is 0 Å². The van der Waals surface area contributed by atoms with E-state index in [1.54, 1.807) is 0 Å². The first-order chi connectivity index (χ1) is 12.8. The lowest BCUT2D eigenvalue weighted by molar-refractivity contribution is -0.836. The molecule has 0 bridgehead atoms. The normalized spacial score (nSPS) is 10.3. The Labute approximate surface area is 194 Å². The molecule has 3 N–H and O–H groups in total. The number of nitrogens with one attached hydrogen (secondary N) is 3. The molecule has 0 saturated heterocycles. The Morgan fingerprint density at radius 1 is 0.552 bits per heavy atom. The van der Waals surface area contributed by atoms with E-state index in [1.807, 2.05) is 0 Å². The lowest BCUT2D eigenvalue weighted by Crippen LogP contribution is -3.02. The first-order valence-electron chi connectivity index (χ1n) is 11.1. The van der Waals surface area contributed by atoms with Crippen LogP contribution in [-0.2, 0) is 4.57 Å². The fourth-order valence-corrected chi connectivity index (χ4v) is 2.40. The van der Waals surface area contributed by atoms with Gasteiger partial charge in [-0.3, -0.25) is 0 Å². The molecule has 0 heterocycles. The van der Waals surface area contributed by atoms with Gasteiger partial charge in [0, 0.05) is 0 Å². The van der Waals surface area contributed by atoms with Crippen molar-refractivity contribution in [2.75, 3.05) is 69.6 Å². The van der Waals surface area contributed by atoms with Crippen molar-refractivity contribution in [2.24, 2.45) is 0 Å². The Kier molecular flexibility index (Phi) is 42.3. The van der Waals surface area contributed by atoms with Crippen LogP contribution < -0.4 is 41.5 Å². The summed E-state index contributed by atoms with van der Waals surface area (Å²) in [6.45, 7) is 2.21. The Bertz CT molecular complexity index is 293. The highest BCUT2D eigenvalue weighted by Crippen LogP contribution is 2.25. The zero-order valence-electron chi connectivity index (χ0n) is 21.3. The van der Waals surface area contributed by atoms with Gasteiger partial charge in [-0.05, 0) is 12.6 Å². The SMILES string of the molecule is CCCCCCCCCCCCP(=O)([O-])[O-].C[NH+](C)C.C[NH+](C)C.C[NH+](C)C.[Br-]. The molecule has 0 aromatic carbocycles. The quantitative estimate of drug-likeness (QED) is 0.197. The molecule has 0 spiro atoms. The average molecular weight is 509 g/mol. The fourth-order valence-electron chi connectivity index (χ4n) is 1.79. The van der Waals surface area contributed by atoms with Gasteiger partial charge in [-0.2, -0.15) is 0 Å². The third-order valence-electron chi connectivity index (χ3n) is 2.79. The maximum absolute atomic E-state index is 10.3. The van der Waals surface area contributed by atoms with E-state index in [0.717, 1.165) is 12.8 Å². The van der Waals surface area contributed by atoms with E-state index in [4.69, 9.17) is 0 Å². The molecule has 0 rings (SSSR count). The molecule has 0 saturated carbocycles. The van der Waals surface area contributed by atoms with Crippen LogP contribution in [0.3, 0.4) is 0 Å². The van der Waals surface area contributed by atoms with Gasteiger partial charge in [0.1, 0.15) is 0 Å². The number of quaternary nitrogens is 3. The van der Waals surface area contributed by atoms with E-state index in [1.165, 1.54) is 59.6 Å². The lowest BCUT2D eigenvalue weighted by Gasteiger charge is -2.29. The fraction of sp³-hybridized carbons (Fsp3) is 1.00. The molecular weight excluding hydrogens is 453 g/mol. The predicted molar refractivity (Wildman–Crippen MR) is 121 cm³/mol. The topological polar surface area (TPSA) is 76.5 Å². The van der Waals surface area contributed by atoms with Crippen molar-refractivity contribution in [3.8, 4) is 0 Å². The van der Waals surface area contributed by atoms with E-state index in [-0.39, 0.29) is 23.1 Å². The summed E-state index contributed by atoms with van der Waals surface area (Å²) in [5.41, 5.74) is 0. The maximum Gasteiger partial charge on any atom is 0.0661 e. The van der Waals surface area contributed by atoms with Gasteiger partial charge in [-0.25, -0.2) is 0 Å². The summed E-state index contributed by atoms with van der Waals surface area (Å²) in [4.78, 5) is 24.9. The Morgan fingerprint density at radius 2 is 0.759 bits per heavy atom. The number of unbranched alkanes of at least 4 members (excludes halogenated alkanes) is 9. The molecule has 0 aliphatic heterocycles. The van der Waals surface area contributed by atoms with Gasteiger partial charge in [0.25, 0.3) is 0 Å². The van der Waals surface area contributed by atoms with Crippen LogP contribution in [0.25, 0.3) is 0 Å². The lowest BCUT2D eigenvalue weighted by atomic mass is 10.1. The molecule has 0 aromatic heterocycles. The van der Waals surface area contributed by atoms with Crippen molar-refractivity contribution < 1.29 is 46.0 Å². The highest BCUT2D eigenvalue weighted by molar-refractivity contribution is 7.48. The highest BCUT2D eigenvalue weighted by atomic mass is 79.9. The first-order valence-corrected chi connectivity index (χ1v) is 12.8. The van der Waals surface area contributed by atoms with Gasteiger partial charge in [0.15, 0.2) is 0 Å². The van der Waals surface area contributed by atoms with E-state index in [0.29, 0.717) is 6.42 Å². The van der Waals surface area contributed by atoms with Gasteiger partial charge in [-0.1, -0.05) is 72.3 Å². The molecule has 0 fully saturated rings. The highest BCUT2D eigenvalue weighted by Gasteiger charge is 1.94. The monoisotopic (exact) mass is 507 g/mol. The van der Waals surface area contributed by atoms with Gasteiger partial charge in [0.05, 0.1) is 63.4 Å². The summed E-state index contributed by atoms with van der Waals surface area (Å²) in [5.74, 6) is 0. The van der Waals surface area contributed by atoms with Crippen molar-refractivity contribution in [3.05, 3.63) is 0 Å². The largest absolute Gasteiger partial charge is 1.00 e. The molecule has 29 heavy (non-hydrogen) atoms. The summed E-state index contributed by atoms with van der Waals surface area (Å²) in [6.07, 6.45) is 11.3. The van der Waals surface area contributed by atoms with Crippen molar-refractivity contribution >= 4 is 7.60 Å². The van der Waals surface area contributed by atoms with Crippen molar-refractivity contribution in [1.29, 1.82) is 0 Å². The van der Waals surface area contributed by atoms with Gasteiger partial charge in [0.2, 0.25) is 0 Å². The van der Waals surface area contributed by atoms with Crippen LogP contribution in [0, 0.1) is 0 Å². The maximum atomic E-state index is 10.3. The number of hydrogen-bond acceptors (Lipinski definition) is 3. The minimum absolute atomic E-state index is 0. The molecular formula is C21H55BrN3O3P. The summed E-state index contributed by atoms with van der Waals surface area (Å²) in [5, 5.41) is 0. The molecule has 0 aliphatic carbocycles. The van der Waals surface area contributed by atoms with Crippen LogP contribution in [0.5, 0.6) is 0 Å². The van der Waals surface area contributed by atoms with E-state index in [9.17, 15) is 14.4 Å². The summed E-state index contributed by atoms with van der Waals surface area (Å²) in [7, 11) is 14.5. The smallest absolute Gasteiger partial charge is 0.0661 e. The molecule has 0 radical (unpaired) electrons. The molecule has 0 amide bonds. The molecule has 184 valence electrons. The number of rotatable bonds is 11. The van der Waals surface area contributed by atoms with Crippen LogP contribution >= 0.6 is 7.60 Å². The van der Waals surface area contributed by atoms with Crippen LogP contribution in [0.1, 0.15) is 71.1 Å². The minimum atomic E-state index is -4.24. The van der Waals surface area contributed by atoms with E-state index in [2.05, 4.69) is 70.4 Å². The standard InChI is InChI=1S/C12H27O3P.3C3H9N.BrH/c1-2-3-4-5-6-7-8-9-10-11-12-16(13,14)15;3*1-4(2)3;/h2-12H2,1H3,(H2,13,14,15);3*1-3H3;1H. The third-order valence-corrected chi connectivity index (χ3v) is 3.65. The van der Waals surface area contributed by atoms with Crippen LogP contribution in [0.4, 0.5) is 0 Å². The number of halogens is 1. The third kappa shape index (κ3) is 110. The van der Waals surface area contributed by atoms with E-state index >= 15 is 0 Å². The van der Waals surface area contributed by atoms with Crippen LogP contribution in [0.15, 0.2) is 0 Å². The molecule has 0 unspecified atom stereocenters. The summed E-state index contributed by atoms with van der Waals surface area (Å²) >= 11 is 0. The molecule has 0 aromatic rings. The van der Waals surface area contributed by atoms with Crippen molar-refractivity contribution in [3.63, 3.8) is 0 Å². The second kappa shape index (κ2) is 30.7. The first kappa shape index (κ1) is 39.9. The van der Waals surface area contributed by atoms with E-state index < -0.39 is 7.60 Å². The molecule has 6 nitrogen and oxygen atoms in total.